The predicted molar refractivity (Wildman–Crippen MR) is 50.9 cm³/mol. The number of hydrogen-bond donors (Lipinski definition) is 2. The number of aliphatic carboxylic acids is 1. The minimum absolute atomic E-state index is 0.0275. The first-order chi connectivity index (χ1) is 6.50. The van der Waals surface area contributed by atoms with Crippen LogP contribution >= 0.6 is 0 Å². The molecule has 5 nitrogen and oxygen atoms in total. The van der Waals surface area contributed by atoms with Crippen molar-refractivity contribution in [1.29, 1.82) is 0 Å². The van der Waals surface area contributed by atoms with Gasteiger partial charge in [0.05, 0.1) is 13.0 Å². The molecule has 0 aromatic rings. The number of carboxylic acid groups (broad SMARTS) is 1. The van der Waals surface area contributed by atoms with Crippen molar-refractivity contribution in [1.82, 2.24) is 10.2 Å². The van der Waals surface area contributed by atoms with Gasteiger partial charge in [-0.3, -0.25) is 14.5 Å². The van der Waals surface area contributed by atoms with Crippen molar-refractivity contribution in [3.63, 3.8) is 0 Å². The van der Waals surface area contributed by atoms with Crippen molar-refractivity contribution in [2.45, 2.75) is 32.4 Å². The number of nitrogens with zero attached hydrogens (tertiary/aromatic N) is 1. The van der Waals surface area contributed by atoms with Crippen molar-refractivity contribution >= 4 is 11.9 Å². The third-order valence-electron chi connectivity index (χ3n) is 2.40. The Morgan fingerprint density at radius 3 is 2.86 bits per heavy atom. The fraction of sp³-hybridized carbons (Fsp3) is 0.778. The van der Waals surface area contributed by atoms with Crippen LogP contribution in [0.25, 0.3) is 0 Å². The molecule has 0 aromatic carbocycles. The molecule has 1 rings (SSSR count). The van der Waals surface area contributed by atoms with E-state index >= 15 is 0 Å². The molecular weight excluding hydrogens is 184 g/mol. The number of hydrogen-bond acceptors (Lipinski definition) is 3. The molecule has 0 saturated carbocycles. The van der Waals surface area contributed by atoms with Gasteiger partial charge in [0, 0.05) is 18.6 Å². The van der Waals surface area contributed by atoms with Crippen LogP contribution in [0, 0.1) is 0 Å². The molecule has 1 fully saturated rings. The Labute approximate surface area is 83.1 Å². The molecule has 0 aliphatic carbocycles. The van der Waals surface area contributed by atoms with Crippen molar-refractivity contribution in [2.75, 3.05) is 13.1 Å². The summed E-state index contributed by atoms with van der Waals surface area (Å²) in [6.07, 6.45) is 0.0818. The van der Waals surface area contributed by atoms with Gasteiger partial charge in [0.25, 0.3) is 0 Å². The van der Waals surface area contributed by atoms with E-state index in [0.29, 0.717) is 13.1 Å². The smallest absolute Gasteiger partial charge is 0.305 e. The Morgan fingerprint density at radius 2 is 2.36 bits per heavy atom. The first-order valence-electron chi connectivity index (χ1n) is 4.75. The summed E-state index contributed by atoms with van der Waals surface area (Å²) >= 11 is 0. The largest absolute Gasteiger partial charge is 0.481 e. The zero-order valence-electron chi connectivity index (χ0n) is 8.49. The van der Waals surface area contributed by atoms with E-state index in [-0.39, 0.29) is 24.4 Å². The maximum absolute atomic E-state index is 11.1. The third kappa shape index (κ3) is 2.70. The third-order valence-corrected chi connectivity index (χ3v) is 2.40. The fourth-order valence-corrected chi connectivity index (χ4v) is 1.69. The molecule has 2 N–H and O–H groups in total. The zero-order valence-corrected chi connectivity index (χ0v) is 8.49. The van der Waals surface area contributed by atoms with Gasteiger partial charge in [0.1, 0.15) is 0 Å². The second-order valence-electron chi connectivity index (χ2n) is 3.82. The number of nitrogens with one attached hydrogen (secondary N) is 1. The number of amides is 1. The van der Waals surface area contributed by atoms with Gasteiger partial charge < -0.3 is 10.4 Å². The van der Waals surface area contributed by atoms with Gasteiger partial charge in [0.15, 0.2) is 0 Å². The summed E-state index contributed by atoms with van der Waals surface area (Å²) in [4.78, 5) is 23.6. The van der Waals surface area contributed by atoms with Crippen LogP contribution in [-0.2, 0) is 9.59 Å². The van der Waals surface area contributed by atoms with Crippen LogP contribution in [-0.4, -0.2) is 47.1 Å². The number of carbonyl (C=O) groups is 2. The first-order valence-corrected chi connectivity index (χ1v) is 4.75. The number of carbonyl (C=O) groups excluding carboxylic acids is 1. The monoisotopic (exact) mass is 200 g/mol. The molecule has 1 atom stereocenters. The molecule has 0 radical (unpaired) electrons. The first kappa shape index (κ1) is 11.0. The average Bonchev–Trinajstić information content (AvgIpc) is 2.07. The van der Waals surface area contributed by atoms with E-state index in [9.17, 15) is 9.59 Å². The molecule has 1 aliphatic heterocycles. The standard InChI is InChI=1S/C9H16N2O3/c1-6(2)11-5-8(12)10-4-7(11)3-9(13)14/h6-7H,3-5H2,1-2H3,(H,10,12)(H,13,14). The van der Waals surface area contributed by atoms with Gasteiger partial charge in [0.2, 0.25) is 5.91 Å². The van der Waals surface area contributed by atoms with Crippen LogP contribution in [0.15, 0.2) is 0 Å². The van der Waals surface area contributed by atoms with Gasteiger partial charge in [-0.15, -0.1) is 0 Å². The van der Waals surface area contributed by atoms with E-state index in [0.717, 1.165) is 0 Å². The van der Waals surface area contributed by atoms with Crippen molar-refractivity contribution in [2.24, 2.45) is 0 Å². The summed E-state index contributed by atoms with van der Waals surface area (Å²) in [5.41, 5.74) is 0. The van der Waals surface area contributed by atoms with Crippen LogP contribution in [0.2, 0.25) is 0 Å². The Balaban J connectivity index is 2.62. The lowest BCUT2D eigenvalue weighted by Crippen LogP contribution is -2.57. The van der Waals surface area contributed by atoms with E-state index in [2.05, 4.69) is 5.32 Å². The van der Waals surface area contributed by atoms with E-state index in [4.69, 9.17) is 5.11 Å². The summed E-state index contributed by atoms with van der Waals surface area (Å²) in [7, 11) is 0. The molecule has 1 aliphatic rings. The topological polar surface area (TPSA) is 69.6 Å². The van der Waals surface area contributed by atoms with Crippen LogP contribution < -0.4 is 5.32 Å². The number of piperazine rings is 1. The normalized spacial score (nSPS) is 23.6. The maximum atomic E-state index is 11.1. The highest BCUT2D eigenvalue weighted by atomic mass is 16.4. The lowest BCUT2D eigenvalue weighted by atomic mass is 10.1. The Hall–Kier alpha value is -1.10. The van der Waals surface area contributed by atoms with Crippen molar-refractivity contribution in [3.05, 3.63) is 0 Å². The molecule has 0 spiro atoms. The highest BCUT2D eigenvalue weighted by molar-refractivity contribution is 5.79. The summed E-state index contributed by atoms with van der Waals surface area (Å²) < 4.78 is 0. The summed E-state index contributed by atoms with van der Waals surface area (Å²) in [5, 5.41) is 11.4. The lowest BCUT2D eigenvalue weighted by Gasteiger charge is -2.37. The van der Waals surface area contributed by atoms with Gasteiger partial charge >= 0.3 is 5.97 Å². The summed E-state index contributed by atoms with van der Waals surface area (Å²) in [5.74, 6) is -0.850. The van der Waals surface area contributed by atoms with Crippen LogP contribution in [0.3, 0.4) is 0 Å². The molecule has 1 saturated heterocycles. The SMILES string of the molecule is CC(C)N1CC(=O)NCC1CC(=O)O. The lowest BCUT2D eigenvalue weighted by molar-refractivity contribution is -0.140. The quantitative estimate of drug-likeness (QED) is 0.654. The fourth-order valence-electron chi connectivity index (χ4n) is 1.69. The van der Waals surface area contributed by atoms with Gasteiger partial charge in [-0.1, -0.05) is 0 Å². The van der Waals surface area contributed by atoms with Crippen LogP contribution in [0.1, 0.15) is 20.3 Å². The molecular formula is C9H16N2O3. The van der Waals surface area contributed by atoms with Crippen molar-refractivity contribution in [3.8, 4) is 0 Å². The Kier molecular flexibility index (Phi) is 3.46. The Bertz CT molecular complexity index is 240. The van der Waals surface area contributed by atoms with E-state index in [1.807, 2.05) is 18.7 Å². The zero-order chi connectivity index (χ0) is 10.7. The minimum Gasteiger partial charge on any atom is -0.481 e. The summed E-state index contributed by atoms with van der Waals surface area (Å²) in [6, 6.07) is 0.121. The Morgan fingerprint density at radius 1 is 1.71 bits per heavy atom. The highest BCUT2D eigenvalue weighted by Gasteiger charge is 2.29. The molecule has 1 amide bonds. The van der Waals surface area contributed by atoms with Crippen molar-refractivity contribution < 1.29 is 14.7 Å². The number of carboxylic acids is 1. The second kappa shape index (κ2) is 4.41. The molecule has 1 heterocycles. The molecule has 80 valence electrons. The van der Waals surface area contributed by atoms with E-state index in [1.165, 1.54) is 0 Å². The maximum Gasteiger partial charge on any atom is 0.305 e. The molecule has 0 aromatic heterocycles. The van der Waals surface area contributed by atoms with Crippen LogP contribution in [0.4, 0.5) is 0 Å². The van der Waals surface area contributed by atoms with Gasteiger partial charge in [-0.25, -0.2) is 0 Å². The second-order valence-corrected chi connectivity index (χ2v) is 3.82. The van der Waals surface area contributed by atoms with E-state index in [1.54, 1.807) is 0 Å². The molecule has 1 unspecified atom stereocenters. The van der Waals surface area contributed by atoms with E-state index < -0.39 is 5.97 Å². The number of rotatable bonds is 3. The molecule has 5 heteroatoms. The molecule has 0 bridgehead atoms. The predicted octanol–water partition coefficient (Wildman–Crippen LogP) is -0.330. The molecule has 14 heavy (non-hydrogen) atoms. The van der Waals surface area contributed by atoms with Gasteiger partial charge in [-0.2, -0.15) is 0 Å². The summed E-state index contributed by atoms with van der Waals surface area (Å²) in [6.45, 7) is 4.67. The highest BCUT2D eigenvalue weighted by Crippen LogP contribution is 2.11. The van der Waals surface area contributed by atoms with Gasteiger partial charge in [-0.05, 0) is 13.8 Å². The average molecular weight is 200 g/mol. The van der Waals surface area contributed by atoms with Crippen LogP contribution in [0.5, 0.6) is 0 Å². The minimum atomic E-state index is -0.822.